The van der Waals surface area contributed by atoms with Gasteiger partial charge in [0.05, 0.1) is 7.11 Å². The van der Waals surface area contributed by atoms with Crippen LogP contribution < -0.4 is 20.7 Å². The summed E-state index contributed by atoms with van der Waals surface area (Å²) in [7, 11) is 3.34. The van der Waals surface area contributed by atoms with Gasteiger partial charge in [0.1, 0.15) is 19.3 Å². The summed E-state index contributed by atoms with van der Waals surface area (Å²) in [5.41, 5.74) is 5.76. The number of rotatable bonds is 7. The van der Waals surface area contributed by atoms with Gasteiger partial charge in [-0.2, -0.15) is 0 Å². The lowest BCUT2D eigenvalue weighted by Crippen LogP contribution is -2.41. The summed E-state index contributed by atoms with van der Waals surface area (Å²) in [5, 5.41) is 8.87. The minimum atomic E-state index is -0.0445. The minimum Gasteiger partial charge on any atom is -0.496 e. The molecule has 7 nitrogen and oxygen atoms in total. The second kappa shape index (κ2) is 19.7. The van der Waals surface area contributed by atoms with E-state index in [4.69, 9.17) is 14.3 Å². The fourth-order valence-electron chi connectivity index (χ4n) is 3.77. The highest BCUT2D eigenvalue weighted by Gasteiger charge is 2.14. The normalized spacial score (nSPS) is 12.1. The molecule has 36 heavy (non-hydrogen) atoms. The molecule has 3 rings (SSSR count). The van der Waals surface area contributed by atoms with Gasteiger partial charge in [0.2, 0.25) is 0 Å². The Bertz CT molecular complexity index is 892. The minimum absolute atomic E-state index is 0.0445. The number of amides is 2. The number of ether oxygens (including phenoxy) is 1. The molecule has 0 atom stereocenters. The Morgan fingerprint density at radius 1 is 0.944 bits per heavy atom. The van der Waals surface area contributed by atoms with Gasteiger partial charge in [-0.15, -0.1) is 0 Å². The molecule has 1 aliphatic carbocycles. The molecule has 198 valence electrons. The van der Waals surface area contributed by atoms with Gasteiger partial charge in [-0.25, -0.2) is 4.79 Å². The van der Waals surface area contributed by atoms with Gasteiger partial charge in [-0.1, -0.05) is 67.3 Å². The van der Waals surface area contributed by atoms with Crippen molar-refractivity contribution in [2.45, 2.75) is 58.4 Å². The molecule has 2 aromatic carbocycles. The van der Waals surface area contributed by atoms with Crippen molar-refractivity contribution in [2.75, 3.05) is 20.7 Å². The SMILES string of the molecule is C=C(NCCc1ccc(C)cc1)c1cc(C)ccc1OC.C=O.C=O.CNC(=O)NC1CCCCC1. The van der Waals surface area contributed by atoms with E-state index in [1.807, 2.05) is 25.7 Å². The third-order valence-electron chi connectivity index (χ3n) is 5.72. The Hall–Kier alpha value is -3.61. The molecule has 3 N–H and O–H groups in total. The van der Waals surface area contributed by atoms with Gasteiger partial charge in [0, 0.05) is 30.9 Å². The zero-order valence-corrected chi connectivity index (χ0v) is 22.3. The van der Waals surface area contributed by atoms with Gasteiger partial charge < -0.3 is 30.3 Å². The highest BCUT2D eigenvalue weighted by molar-refractivity contribution is 5.73. The van der Waals surface area contributed by atoms with E-state index in [2.05, 4.69) is 66.7 Å². The van der Waals surface area contributed by atoms with E-state index in [1.165, 1.54) is 36.0 Å². The first kappa shape index (κ1) is 32.4. The van der Waals surface area contributed by atoms with Crippen molar-refractivity contribution in [1.29, 1.82) is 0 Å². The van der Waals surface area contributed by atoms with Crippen LogP contribution in [0.15, 0.2) is 49.0 Å². The zero-order valence-electron chi connectivity index (χ0n) is 22.3. The average molecular weight is 498 g/mol. The third kappa shape index (κ3) is 12.7. The van der Waals surface area contributed by atoms with Crippen molar-refractivity contribution in [3.63, 3.8) is 0 Å². The first-order valence-corrected chi connectivity index (χ1v) is 12.1. The molecule has 2 aromatic rings. The third-order valence-corrected chi connectivity index (χ3v) is 5.72. The van der Waals surface area contributed by atoms with Crippen LogP contribution in [0.5, 0.6) is 5.75 Å². The molecule has 2 amide bonds. The predicted octanol–water partition coefficient (Wildman–Crippen LogP) is 4.99. The summed E-state index contributed by atoms with van der Waals surface area (Å²) < 4.78 is 5.40. The van der Waals surface area contributed by atoms with Gasteiger partial charge in [-0.05, 0) is 50.8 Å². The first-order chi connectivity index (χ1) is 17.4. The maximum atomic E-state index is 10.9. The van der Waals surface area contributed by atoms with Gasteiger partial charge in [-0.3, -0.25) is 0 Å². The standard InChI is InChI=1S/C19H23NO.C8H16N2O.2CH2O/c1-14-5-8-17(9-6-14)11-12-20-16(3)18-13-15(2)7-10-19(18)21-4;1-9-8(11)10-7-5-3-2-4-6-7;2*1-2/h5-10,13,20H,3,11-12H2,1-2,4H3;7H,2-6H2,1H3,(H2,9,10,11);2*1H2. The van der Waals surface area contributed by atoms with Gasteiger partial charge in [0.25, 0.3) is 0 Å². The number of carbonyl (C=O) groups is 3. The largest absolute Gasteiger partial charge is 0.496 e. The van der Waals surface area contributed by atoms with Gasteiger partial charge >= 0.3 is 6.03 Å². The van der Waals surface area contributed by atoms with Crippen LogP contribution in [0.2, 0.25) is 0 Å². The van der Waals surface area contributed by atoms with Crippen molar-refractivity contribution in [3.8, 4) is 5.75 Å². The molecule has 0 bridgehead atoms. The summed E-state index contributed by atoms with van der Waals surface area (Å²) in [6, 6.07) is 15.1. The van der Waals surface area contributed by atoms with Crippen molar-refractivity contribution >= 4 is 25.3 Å². The Balaban J connectivity index is 0.000000688. The maximum absolute atomic E-state index is 10.9. The summed E-state index contributed by atoms with van der Waals surface area (Å²) in [5.74, 6) is 0.855. The van der Waals surface area contributed by atoms with Crippen LogP contribution in [0.25, 0.3) is 5.70 Å². The van der Waals surface area contributed by atoms with Crippen LogP contribution in [-0.2, 0) is 16.0 Å². The van der Waals surface area contributed by atoms with Crippen LogP contribution in [0.4, 0.5) is 4.79 Å². The first-order valence-electron chi connectivity index (χ1n) is 12.1. The molecule has 1 saturated carbocycles. The maximum Gasteiger partial charge on any atom is 0.314 e. The fourth-order valence-corrected chi connectivity index (χ4v) is 3.77. The number of nitrogens with one attached hydrogen (secondary N) is 3. The average Bonchev–Trinajstić information content (AvgIpc) is 2.93. The quantitative estimate of drug-likeness (QED) is 0.501. The molecule has 1 fully saturated rings. The number of hydrogen-bond donors (Lipinski definition) is 3. The Morgan fingerprint density at radius 2 is 1.53 bits per heavy atom. The summed E-state index contributed by atoms with van der Waals surface area (Å²) in [6.45, 7) is 13.2. The van der Waals surface area contributed by atoms with Crippen LogP contribution in [0.3, 0.4) is 0 Å². The lowest BCUT2D eigenvalue weighted by atomic mass is 9.96. The van der Waals surface area contributed by atoms with Crippen molar-refractivity contribution in [1.82, 2.24) is 16.0 Å². The molecule has 0 spiro atoms. The number of hydrogen-bond acceptors (Lipinski definition) is 5. The lowest BCUT2D eigenvalue weighted by molar-refractivity contribution is -0.0987. The highest BCUT2D eigenvalue weighted by Crippen LogP contribution is 2.24. The Labute approximate surface area is 216 Å². The van der Waals surface area contributed by atoms with Crippen molar-refractivity contribution in [2.24, 2.45) is 0 Å². The zero-order chi connectivity index (χ0) is 27.3. The number of carbonyl (C=O) groups excluding carboxylic acids is 3. The van der Waals surface area contributed by atoms with E-state index < -0.39 is 0 Å². The summed E-state index contributed by atoms with van der Waals surface area (Å²) in [4.78, 5) is 26.9. The smallest absolute Gasteiger partial charge is 0.314 e. The number of benzene rings is 2. The molecule has 0 aliphatic heterocycles. The van der Waals surface area contributed by atoms with E-state index in [9.17, 15) is 4.79 Å². The summed E-state index contributed by atoms with van der Waals surface area (Å²) >= 11 is 0. The molecule has 0 radical (unpaired) electrons. The molecule has 0 aromatic heterocycles. The van der Waals surface area contributed by atoms with E-state index in [1.54, 1.807) is 14.2 Å². The van der Waals surface area contributed by atoms with Gasteiger partial charge in [0.15, 0.2) is 0 Å². The van der Waals surface area contributed by atoms with Crippen molar-refractivity contribution in [3.05, 3.63) is 71.3 Å². The molecular weight excluding hydrogens is 454 g/mol. The number of methoxy groups -OCH3 is 1. The molecule has 0 unspecified atom stereocenters. The Morgan fingerprint density at radius 3 is 2.08 bits per heavy atom. The Kier molecular flexibility index (Phi) is 17.7. The molecular formula is C29H43N3O4. The van der Waals surface area contributed by atoms with E-state index in [0.29, 0.717) is 6.04 Å². The van der Waals surface area contributed by atoms with Crippen LogP contribution in [0.1, 0.15) is 54.4 Å². The molecule has 0 saturated heterocycles. The monoisotopic (exact) mass is 497 g/mol. The highest BCUT2D eigenvalue weighted by atomic mass is 16.5. The van der Waals surface area contributed by atoms with E-state index >= 15 is 0 Å². The summed E-state index contributed by atoms with van der Waals surface area (Å²) in [6.07, 6.45) is 7.11. The fraction of sp³-hybridized carbons (Fsp3) is 0.414. The lowest BCUT2D eigenvalue weighted by Gasteiger charge is -2.22. The molecule has 0 heterocycles. The van der Waals surface area contributed by atoms with Crippen molar-refractivity contribution < 1.29 is 19.1 Å². The number of aryl methyl sites for hydroxylation is 2. The second-order valence-corrected chi connectivity index (χ2v) is 8.40. The predicted molar refractivity (Wildman–Crippen MR) is 148 cm³/mol. The number of urea groups is 1. The topological polar surface area (TPSA) is 96.5 Å². The van der Waals surface area contributed by atoms with Crippen LogP contribution in [0, 0.1) is 13.8 Å². The molecule has 7 heteroatoms. The van der Waals surface area contributed by atoms with E-state index in [-0.39, 0.29) is 6.03 Å². The van der Waals surface area contributed by atoms with Crippen LogP contribution >= 0.6 is 0 Å². The van der Waals surface area contributed by atoms with E-state index in [0.717, 1.165) is 42.8 Å². The second-order valence-electron chi connectivity index (χ2n) is 8.40. The van der Waals surface area contributed by atoms with Crippen LogP contribution in [-0.4, -0.2) is 46.4 Å². The molecule has 1 aliphatic rings.